The summed E-state index contributed by atoms with van der Waals surface area (Å²) in [5.74, 6) is -1.03. The zero-order valence-corrected chi connectivity index (χ0v) is 11.7. The van der Waals surface area contributed by atoms with Crippen molar-refractivity contribution < 1.29 is 17.6 Å². The van der Waals surface area contributed by atoms with Crippen LogP contribution in [0.4, 0.5) is 23.2 Å². The Morgan fingerprint density at radius 2 is 2.11 bits per heavy atom. The van der Waals surface area contributed by atoms with Crippen molar-refractivity contribution in [3.63, 3.8) is 0 Å². The number of alkyl halides is 3. The summed E-state index contributed by atoms with van der Waals surface area (Å²) < 4.78 is 51.3. The fourth-order valence-corrected chi connectivity index (χ4v) is 2.02. The number of halogens is 5. The van der Waals surface area contributed by atoms with Crippen molar-refractivity contribution in [3.05, 3.63) is 28.0 Å². The Morgan fingerprint density at radius 1 is 1.47 bits per heavy atom. The molecule has 0 heterocycles. The van der Waals surface area contributed by atoms with Crippen LogP contribution in [0.5, 0.6) is 0 Å². The lowest BCUT2D eigenvalue weighted by atomic mass is 10.1. The molecule has 0 aliphatic rings. The summed E-state index contributed by atoms with van der Waals surface area (Å²) in [5.41, 5.74) is -1.70. The molecule has 0 radical (unpaired) electrons. The Bertz CT molecular complexity index is 551. The highest BCUT2D eigenvalue weighted by Crippen LogP contribution is 2.41. The van der Waals surface area contributed by atoms with Crippen LogP contribution in [0.3, 0.4) is 0 Å². The molecule has 0 aliphatic carbocycles. The van der Waals surface area contributed by atoms with Crippen molar-refractivity contribution in [3.8, 4) is 6.19 Å². The summed E-state index contributed by atoms with van der Waals surface area (Å²) >= 11 is 3.79. The minimum Gasteiger partial charge on any atom is -0.271 e. The van der Waals surface area contributed by atoms with E-state index in [-0.39, 0.29) is 9.64 Å². The van der Waals surface area contributed by atoms with Gasteiger partial charge in [-0.2, -0.15) is 18.4 Å². The van der Waals surface area contributed by atoms with Crippen molar-refractivity contribution in [2.75, 3.05) is 6.26 Å². The molecular formula is C10H6BrF4N3S. The smallest absolute Gasteiger partial charge is 0.271 e. The van der Waals surface area contributed by atoms with Gasteiger partial charge in [0.25, 0.3) is 0 Å². The molecule has 102 valence electrons. The second-order valence-electron chi connectivity index (χ2n) is 3.14. The number of rotatable bonds is 1. The average Bonchev–Trinajstić information content (AvgIpc) is 2.29. The van der Waals surface area contributed by atoms with Crippen molar-refractivity contribution >= 4 is 38.5 Å². The van der Waals surface area contributed by atoms with Crippen LogP contribution < -0.4 is 5.32 Å². The van der Waals surface area contributed by atoms with Crippen molar-refractivity contribution in [2.45, 2.75) is 6.18 Å². The van der Waals surface area contributed by atoms with Gasteiger partial charge in [0, 0.05) is 4.47 Å². The lowest BCUT2D eigenvalue weighted by molar-refractivity contribution is -0.137. The first-order valence-corrected chi connectivity index (χ1v) is 6.65. The molecule has 0 amide bonds. The molecule has 19 heavy (non-hydrogen) atoms. The standard InChI is InChI=1S/C10H6BrF4N3S/c1-19-9(17-4-16)18-8-6(10(13,14)15)2-5(12)3-7(8)11/h2-3H,1H3,(H,17,18). The lowest BCUT2D eigenvalue weighted by Gasteiger charge is -2.12. The van der Waals surface area contributed by atoms with Crippen molar-refractivity contribution in [1.29, 1.82) is 5.26 Å². The molecule has 9 heteroatoms. The van der Waals surface area contributed by atoms with Gasteiger partial charge in [0.1, 0.15) is 5.82 Å². The molecule has 1 rings (SSSR count). The largest absolute Gasteiger partial charge is 0.418 e. The first-order valence-electron chi connectivity index (χ1n) is 4.63. The summed E-state index contributed by atoms with van der Waals surface area (Å²) in [6.07, 6.45) is -1.66. The van der Waals surface area contributed by atoms with Gasteiger partial charge >= 0.3 is 6.18 Å². The second-order valence-corrected chi connectivity index (χ2v) is 4.79. The summed E-state index contributed by atoms with van der Waals surface area (Å²) in [6, 6.07) is 1.23. The van der Waals surface area contributed by atoms with Crippen molar-refractivity contribution in [1.82, 2.24) is 5.32 Å². The van der Waals surface area contributed by atoms with Gasteiger partial charge in [-0.15, -0.1) is 0 Å². The van der Waals surface area contributed by atoms with Gasteiger partial charge in [-0.1, -0.05) is 11.8 Å². The highest BCUT2D eigenvalue weighted by molar-refractivity contribution is 9.10. The van der Waals surface area contributed by atoms with E-state index in [4.69, 9.17) is 5.26 Å². The Labute approximate surface area is 118 Å². The molecule has 0 fully saturated rings. The van der Waals surface area contributed by atoms with E-state index >= 15 is 0 Å². The lowest BCUT2D eigenvalue weighted by Crippen LogP contribution is -2.14. The fourth-order valence-electron chi connectivity index (χ4n) is 1.17. The van der Waals surface area contributed by atoms with E-state index in [0.29, 0.717) is 6.07 Å². The minimum atomic E-state index is -4.75. The average molecular weight is 356 g/mol. The quantitative estimate of drug-likeness (QED) is 0.272. The van der Waals surface area contributed by atoms with E-state index in [9.17, 15) is 17.6 Å². The maximum absolute atomic E-state index is 13.1. The van der Waals surface area contributed by atoms with Crippen LogP contribution >= 0.6 is 27.7 Å². The highest BCUT2D eigenvalue weighted by Gasteiger charge is 2.35. The van der Waals surface area contributed by atoms with Gasteiger partial charge < -0.3 is 0 Å². The van der Waals surface area contributed by atoms with Crippen LogP contribution in [-0.2, 0) is 6.18 Å². The van der Waals surface area contributed by atoms with E-state index < -0.39 is 23.2 Å². The van der Waals surface area contributed by atoms with Gasteiger partial charge in [-0.3, -0.25) is 5.32 Å². The van der Waals surface area contributed by atoms with Gasteiger partial charge in [-0.25, -0.2) is 9.38 Å². The van der Waals surface area contributed by atoms with Crippen LogP contribution in [0, 0.1) is 17.3 Å². The summed E-state index contributed by atoms with van der Waals surface area (Å²) in [5, 5.41) is 10.5. The Kier molecular flexibility index (Phi) is 5.20. The molecule has 3 nitrogen and oxygen atoms in total. The molecule has 0 aromatic heterocycles. The number of hydrogen-bond donors (Lipinski definition) is 1. The van der Waals surface area contributed by atoms with Crippen LogP contribution in [0.25, 0.3) is 0 Å². The van der Waals surface area contributed by atoms with Crippen LogP contribution in [0.1, 0.15) is 5.56 Å². The van der Waals surface area contributed by atoms with E-state index in [0.717, 1.165) is 17.8 Å². The summed E-state index contributed by atoms with van der Waals surface area (Å²) in [7, 11) is 0. The SMILES string of the molecule is CSC(=Nc1c(Br)cc(F)cc1C(F)(F)F)NC#N. The molecule has 0 atom stereocenters. The zero-order chi connectivity index (χ0) is 14.6. The van der Waals surface area contributed by atoms with Gasteiger partial charge in [-0.05, 0) is 34.3 Å². The number of nitriles is 1. The maximum atomic E-state index is 13.1. The first-order chi connectivity index (χ1) is 8.79. The molecule has 1 N–H and O–H groups in total. The highest BCUT2D eigenvalue weighted by atomic mass is 79.9. The second kappa shape index (κ2) is 6.25. The van der Waals surface area contributed by atoms with Gasteiger partial charge in [0.15, 0.2) is 11.4 Å². The minimum absolute atomic E-state index is 0.0275. The van der Waals surface area contributed by atoms with E-state index in [2.05, 4.69) is 26.2 Å². The van der Waals surface area contributed by atoms with E-state index in [1.54, 1.807) is 6.19 Å². The number of thioether (sulfide) groups is 1. The Balaban J connectivity index is 3.46. The maximum Gasteiger partial charge on any atom is 0.418 e. The third-order valence-electron chi connectivity index (χ3n) is 1.90. The van der Waals surface area contributed by atoms with Crippen LogP contribution in [0.15, 0.2) is 21.6 Å². The van der Waals surface area contributed by atoms with E-state index in [1.807, 2.05) is 0 Å². The third-order valence-corrected chi connectivity index (χ3v) is 3.09. The van der Waals surface area contributed by atoms with Crippen molar-refractivity contribution in [2.24, 2.45) is 4.99 Å². The molecule has 1 aromatic carbocycles. The van der Waals surface area contributed by atoms with Crippen LogP contribution in [0.2, 0.25) is 0 Å². The molecule has 0 unspecified atom stereocenters. The number of nitrogens with zero attached hydrogens (tertiary/aromatic N) is 2. The zero-order valence-electron chi connectivity index (χ0n) is 9.35. The molecule has 0 spiro atoms. The predicted octanol–water partition coefficient (Wildman–Crippen LogP) is 4.03. The van der Waals surface area contributed by atoms with Gasteiger partial charge in [0.05, 0.1) is 11.3 Å². The molecule has 0 aliphatic heterocycles. The molecular weight excluding hydrogens is 350 g/mol. The topological polar surface area (TPSA) is 48.2 Å². The Hall–Kier alpha value is -1.27. The predicted molar refractivity (Wildman–Crippen MR) is 68.5 cm³/mol. The number of hydrogen-bond acceptors (Lipinski definition) is 3. The molecule has 0 saturated heterocycles. The van der Waals surface area contributed by atoms with Crippen LogP contribution in [-0.4, -0.2) is 11.4 Å². The third kappa shape index (κ3) is 4.11. The molecule has 0 saturated carbocycles. The number of benzene rings is 1. The normalized spacial score (nSPS) is 12.2. The number of nitrogens with one attached hydrogen (secondary N) is 1. The summed E-state index contributed by atoms with van der Waals surface area (Å²) in [4.78, 5) is 3.69. The molecule has 1 aromatic rings. The first kappa shape index (κ1) is 15.8. The van der Waals surface area contributed by atoms with Gasteiger partial charge in [0.2, 0.25) is 0 Å². The monoisotopic (exact) mass is 355 g/mol. The number of aliphatic imine (C=N–C) groups is 1. The van der Waals surface area contributed by atoms with E-state index in [1.165, 1.54) is 6.26 Å². The summed E-state index contributed by atoms with van der Waals surface area (Å²) in [6.45, 7) is 0. The number of amidine groups is 1. The molecule has 0 bridgehead atoms. The fraction of sp³-hybridized carbons (Fsp3) is 0.200. The Morgan fingerprint density at radius 3 is 2.58 bits per heavy atom.